The van der Waals surface area contributed by atoms with E-state index in [0.29, 0.717) is 5.69 Å². The number of esters is 1. The third kappa shape index (κ3) is 4.40. The van der Waals surface area contributed by atoms with Gasteiger partial charge in [-0.2, -0.15) is 19.0 Å². The SMILES string of the molecule is CCOC(=O)c1cnn(-c2ccccc2)c1NC(=O)c1cc2nc(C)cc(C(F)(F)Cl)n2n1. The topological polar surface area (TPSA) is 103 Å². The van der Waals surface area contributed by atoms with Crippen molar-refractivity contribution in [3.8, 4) is 5.69 Å². The Balaban J connectivity index is 1.76. The molecule has 3 heterocycles. The Kier molecular flexibility index (Phi) is 5.81. The van der Waals surface area contributed by atoms with Crippen molar-refractivity contribution < 1.29 is 23.1 Å². The minimum absolute atomic E-state index is 0.0117. The number of ether oxygens (including phenoxy) is 1. The molecule has 1 aromatic carbocycles. The monoisotopic (exact) mass is 474 g/mol. The number of aryl methyl sites for hydroxylation is 1. The lowest BCUT2D eigenvalue weighted by Crippen LogP contribution is -2.19. The molecular formula is C21H17ClF2N6O3. The van der Waals surface area contributed by atoms with E-state index in [9.17, 15) is 18.4 Å². The van der Waals surface area contributed by atoms with Crippen molar-refractivity contribution >= 4 is 34.9 Å². The number of para-hydroxylation sites is 1. The average molecular weight is 475 g/mol. The van der Waals surface area contributed by atoms with Gasteiger partial charge in [0.15, 0.2) is 17.2 Å². The molecule has 0 fully saturated rings. The minimum atomic E-state index is -3.73. The van der Waals surface area contributed by atoms with Crippen LogP contribution in [0.4, 0.5) is 14.6 Å². The van der Waals surface area contributed by atoms with Crippen LogP contribution >= 0.6 is 11.6 Å². The maximum Gasteiger partial charge on any atom is 0.364 e. The van der Waals surface area contributed by atoms with E-state index >= 15 is 0 Å². The normalized spacial score (nSPS) is 11.5. The molecule has 0 saturated carbocycles. The van der Waals surface area contributed by atoms with Crippen LogP contribution in [0.3, 0.4) is 0 Å². The summed E-state index contributed by atoms with van der Waals surface area (Å²) >= 11 is 5.20. The van der Waals surface area contributed by atoms with Gasteiger partial charge in [0.2, 0.25) is 0 Å². The van der Waals surface area contributed by atoms with Gasteiger partial charge < -0.3 is 10.1 Å². The van der Waals surface area contributed by atoms with Crippen LogP contribution in [0, 0.1) is 6.92 Å². The molecular weight excluding hydrogens is 458 g/mol. The van der Waals surface area contributed by atoms with Gasteiger partial charge >= 0.3 is 11.4 Å². The van der Waals surface area contributed by atoms with Crippen molar-refractivity contribution in [3.05, 3.63) is 71.3 Å². The van der Waals surface area contributed by atoms with Gasteiger partial charge in [-0.1, -0.05) is 18.2 Å². The van der Waals surface area contributed by atoms with E-state index in [-0.39, 0.29) is 35.0 Å². The molecule has 0 saturated heterocycles. The number of carbonyl (C=O) groups excluding carboxylic acids is 2. The Morgan fingerprint density at radius 3 is 2.61 bits per heavy atom. The largest absolute Gasteiger partial charge is 0.462 e. The zero-order chi connectivity index (χ0) is 23.8. The summed E-state index contributed by atoms with van der Waals surface area (Å²) < 4.78 is 34.9. The molecule has 0 aliphatic heterocycles. The number of carbonyl (C=O) groups is 2. The molecule has 33 heavy (non-hydrogen) atoms. The van der Waals surface area contributed by atoms with Crippen molar-refractivity contribution in [1.82, 2.24) is 24.4 Å². The summed E-state index contributed by atoms with van der Waals surface area (Å²) in [5.74, 6) is -1.43. The van der Waals surface area contributed by atoms with Crippen LogP contribution in [0.2, 0.25) is 0 Å². The number of benzene rings is 1. The summed E-state index contributed by atoms with van der Waals surface area (Å²) in [5.41, 5.74) is 0.0201. The van der Waals surface area contributed by atoms with Crippen LogP contribution in [0.15, 0.2) is 48.7 Å². The molecule has 0 aliphatic carbocycles. The Hall–Kier alpha value is -3.86. The standard InChI is InChI=1S/C21H17ClF2N6O3/c1-3-33-20(32)14-11-25-29(13-7-5-4-6-8-13)18(14)27-19(31)15-10-17-26-12(2)9-16(21(22,23)24)30(17)28-15/h4-11H,3H2,1-2H3,(H,27,31). The van der Waals surface area contributed by atoms with Crippen LogP contribution in [-0.2, 0) is 10.1 Å². The second-order valence-electron chi connectivity index (χ2n) is 6.91. The fourth-order valence-electron chi connectivity index (χ4n) is 3.18. The molecule has 12 heteroatoms. The van der Waals surface area contributed by atoms with Crippen molar-refractivity contribution in [2.24, 2.45) is 0 Å². The highest BCUT2D eigenvalue weighted by Gasteiger charge is 2.33. The summed E-state index contributed by atoms with van der Waals surface area (Å²) in [7, 11) is 0. The van der Waals surface area contributed by atoms with E-state index in [1.807, 2.05) is 0 Å². The van der Waals surface area contributed by atoms with E-state index in [1.54, 1.807) is 37.3 Å². The molecule has 1 amide bonds. The smallest absolute Gasteiger partial charge is 0.364 e. The quantitative estimate of drug-likeness (QED) is 0.335. The Labute approximate surface area is 190 Å². The number of fused-ring (bicyclic) bond motifs is 1. The average Bonchev–Trinajstić information content (AvgIpc) is 3.37. The van der Waals surface area contributed by atoms with Crippen LogP contribution in [0.25, 0.3) is 11.3 Å². The number of amides is 1. The van der Waals surface area contributed by atoms with Gasteiger partial charge in [-0.25, -0.2) is 19.0 Å². The highest BCUT2D eigenvalue weighted by molar-refractivity contribution is 6.21. The van der Waals surface area contributed by atoms with E-state index in [2.05, 4.69) is 20.5 Å². The Morgan fingerprint density at radius 2 is 1.94 bits per heavy atom. The lowest BCUT2D eigenvalue weighted by molar-refractivity contribution is 0.0527. The summed E-state index contributed by atoms with van der Waals surface area (Å²) in [5, 5.41) is 6.99. The first-order valence-electron chi connectivity index (χ1n) is 9.75. The van der Waals surface area contributed by atoms with Gasteiger partial charge in [0, 0.05) is 11.8 Å². The van der Waals surface area contributed by atoms with Crippen molar-refractivity contribution in [2.75, 3.05) is 11.9 Å². The maximum absolute atomic E-state index is 13.8. The fraction of sp³-hybridized carbons (Fsp3) is 0.190. The van der Waals surface area contributed by atoms with E-state index in [1.165, 1.54) is 23.9 Å². The highest BCUT2D eigenvalue weighted by Crippen LogP contribution is 2.32. The predicted octanol–water partition coefficient (Wildman–Crippen LogP) is 3.94. The number of halogens is 3. The Bertz CT molecular complexity index is 1350. The maximum atomic E-state index is 13.8. The third-order valence-electron chi connectivity index (χ3n) is 4.58. The van der Waals surface area contributed by atoms with Crippen molar-refractivity contribution in [1.29, 1.82) is 0 Å². The van der Waals surface area contributed by atoms with Crippen LogP contribution in [0.5, 0.6) is 0 Å². The number of anilines is 1. The molecule has 0 radical (unpaired) electrons. The number of hydrogen-bond acceptors (Lipinski definition) is 6. The van der Waals surface area contributed by atoms with Gasteiger partial charge in [0.1, 0.15) is 11.3 Å². The summed E-state index contributed by atoms with van der Waals surface area (Å²) in [6, 6.07) is 11.1. The van der Waals surface area contributed by atoms with Gasteiger partial charge in [-0.05, 0) is 43.6 Å². The first-order valence-corrected chi connectivity index (χ1v) is 10.1. The molecule has 4 aromatic rings. The second-order valence-corrected chi connectivity index (χ2v) is 7.38. The number of nitrogens with one attached hydrogen (secondary N) is 1. The molecule has 1 N–H and O–H groups in total. The van der Waals surface area contributed by atoms with Crippen LogP contribution < -0.4 is 5.32 Å². The lowest BCUT2D eigenvalue weighted by Gasteiger charge is -2.11. The summed E-state index contributed by atoms with van der Waals surface area (Å²) in [6.07, 6.45) is 1.27. The summed E-state index contributed by atoms with van der Waals surface area (Å²) in [4.78, 5) is 29.5. The van der Waals surface area contributed by atoms with Crippen LogP contribution in [-0.4, -0.2) is 42.9 Å². The first kappa shape index (κ1) is 22.3. The molecule has 3 aromatic heterocycles. The third-order valence-corrected chi connectivity index (χ3v) is 4.77. The van der Waals surface area contributed by atoms with Gasteiger partial charge in [0.25, 0.3) is 5.91 Å². The van der Waals surface area contributed by atoms with Gasteiger partial charge in [-0.3, -0.25) is 4.79 Å². The molecule has 0 aliphatic rings. The molecule has 0 bridgehead atoms. The second kappa shape index (κ2) is 8.58. The van der Waals surface area contributed by atoms with Crippen LogP contribution in [0.1, 0.15) is 39.2 Å². The van der Waals surface area contributed by atoms with E-state index in [0.717, 1.165) is 10.6 Å². The van der Waals surface area contributed by atoms with Gasteiger partial charge in [-0.15, -0.1) is 0 Å². The van der Waals surface area contributed by atoms with E-state index < -0.39 is 23.0 Å². The zero-order valence-corrected chi connectivity index (χ0v) is 18.2. The summed E-state index contributed by atoms with van der Waals surface area (Å²) in [6.45, 7) is 3.28. The molecule has 9 nitrogen and oxygen atoms in total. The molecule has 0 unspecified atom stereocenters. The fourth-order valence-corrected chi connectivity index (χ4v) is 3.31. The number of rotatable bonds is 6. The first-order chi connectivity index (χ1) is 15.7. The predicted molar refractivity (Wildman–Crippen MR) is 115 cm³/mol. The molecule has 4 rings (SSSR count). The van der Waals surface area contributed by atoms with Crippen molar-refractivity contribution in [3.63, 3.8) is 0 Å². The molecule has 0 spiro atoms. The number of alkyl halides is 3. The molecule has 170 valence electrons. The highest BCUT2D eigenvalue weighted by atomic mass is 35.5. The molecule has 0 atom stereocenters. The number of hydrogen-bond donors (Lipinski definition) is 1. The zero-order valence-electron chi connectivity index (χ0n) is 17.4. The minimum Gasteiger partial charge on any atom is -0.462 e. The van der Waals surface area contributed by atoms with E-state index in [4.69, 9.17) is 16.3 Å². The lowest BCUT2D eigenvalue weighted by atomic mass is 10.3. The number of nitrogens with zero attached hydrogens (tertiary/aromatic N) is 5. The Morgan fingerprint density at radius 1 is 1.21 bits per heavy atom. The van der Waals surface area contributed by atoms with Gasteiger partial charge in [0.05, 0.1) is 18.5 Å². The van der Waals surface area contributed by atoms with Crippen molar-refractivity contribution in [2.45, 2.75) is 19.2 Å². The number of aromatic nitrogens is 5.